The van der Waals surface area contributed by atoms with Gasteiger partial charge in [0.05, 0.1) is 74.6 Å². The standard InChI is InChI=1S/C94H67BN4/c1-94(2,3)70-58-89-91-90(59-70)99(93-75(66-36-18-8-19-37-66)44-27-45-76(93)67-38-20-9-21-39-67)88-61-72(97-84-47-25-23-41-78(84)80-57-69(49-55-86(80)97)63-30-12-5-13-31-63)51-53-82(88)95(91)81-52-50-71(96-83-46-24-22-40-77(83)79-56-68(48-54-85(79)96)62-28-10-4-11-29-62)60-87(81)98(89)92-73(64-32-14-6-15-33-64)42-26-43-74(92)65-34-16-7-17-35-65/h4-61H,1-3H3/i4D,5D,10D,11D,12D,13D,22D,23D,24D,25D,28D,29D,30D,31D,40D,41D,46D,47D,48D,49D,50D,51D,52D,53D,54D,55D,56D,57D,60D,61D. The van der Waals surface area contributed by atoms with Crippen molar-refractivity contribution in [2.24, 2.45) is 0 Å². The molecule has 4 heterocycles. The van der Waals surface area contributed by atoms with Gasteiger partial charge in [-0.05, 0) is 144 Å². The van der Waals surface area contributed by atoms with Gasteiger partial charge in [0.1, 0.15) is 0 Å². The highest BCUT2D eigenvalue weighted by molar-refractivity contribution is 7.00. The van der Waals surface area contributed by atoms with Crippen LogP contribution in [0, 0.1) is 0 Å². The molecule has 0 bridgehead atoms. The Kier molecular flexibility index (Phi) is 8.19. The fourth-order valence-corrected chi connectivity index (χ4v) is 14.1. The van der Waals surface area contributed by atoms with Gasteiger partial charge in [-0.2, -0.15) is 0 Å². The Morgan fingerprint density at radius 1 is 0.293 bits per heavy atom. The molecule has 0 aliphatic carbocycles. The summed E-state index contributed by atoms with van der Waals surface area (Å²) in [4.78, 5) is 3.53. The van der Waals surface area contributed by atoms with E-state index >= 15 is 0 Å². The maximum absolute atomic E-state index is 11.7. The van der Waals surface area contributed by atoms with E-state index in [-0.39, 0.29) is 39.1 Å². The van der Waals surface area contributed by atoms with Gasteiger partial charge in [0, 0.05) is 77.9 Å². The molecule has 0 atom stereocenters. The van der Waals surface area contributed by atoms with Crippen molar-refractivity contribution in [3.8, 4) is 78.1 Å². The summed E-state index contributed by atoms with van der Waals surface area (Å²) in [5.74, 6) is 0. The highest BCUT2D eigenvalue weighted by atomic mass is 15.2. The summed E-state index contributed by atoms with van der Waals surface area (Å²) in [5, 5.41) is -2.13. The zero-order chi connectivity index (χ0) is 92.0. The third-order valence-electron chi connectivity index (χ3n) is 18.5. The fourth-order valence-electron chi connectivity index (χ4n) is 14.1. The minimum Gasteiger partial charge on any atom is -0.310 e. The van der Waals surface area contributed by atoms with Crippen molar-refractivity contribution in [3.05, 3.63) is 357 Å². The number of anilines is 6. The molecule has 2 aliphatic rings. The lowest BCUT2D eigenvalue weighted by molar-refractivity contribution is 0.590. The highest BCUT2D eigenvalue weighted by Crippen LogP contribution is 2.54. The molecule has 15 aromatic carbocycles. The molecular formula is C94H67BN4. The van der Waals surface area contributed by atoms with Gasteiger partial charge >= 0.3 is 0 Å². The molecule has 17 aromatic rings. The minimum atomic E-state index is -1.76. The smallest absolute Gasteiger partial charge is 0.252 e. The van der Waals surface area contributed by atoms with Crippen LogP contribution in [0.3, 0.4) is 0 Å². The fraction of sp³-hybridized carbons (Fsp3) is 0.0426. The molecule has 0 unspecified atom stereocenters. The predicted octanol–water partition coefficient (Wildman–Crippen LogP) is 23.3. The summed E-state index contributed by atoms with van der Waals surface area (Å²) in [5.41, 5.74) is -2.46. The van der Waals surface area contributed by atoms with E-state index in [4.69, 9.17) is 13.7 Å². The molecule has 0 N–H and O–H groups in total. The Bertz CT molecular complexity index is 7290. The molecule has 19 rings (SSSR count). The second-order valence-corrected chi connectivity index (χ2v) is 25.2. The number of aromatic nitrogens is 2. The first-order valence-corrected chi connectivity index (χ1v) is 32.1. The number of nitrogens with zero attached hydrogens (tertiary/aromatic N) is 4. The first-order chi connectivity index (χ1) is 61.3. The highest BCUT2D eigenvalue weighted by Gasteiger charge is 2.46. The summed E-state index contributed by atoms with van der Waals surface area (Å²) in [6, 6.07) is 26.0. The van der Waals surface area contributed by atoms with Crippen molar-refractivity contribution in [2.75, 3.05) is 9.80 Å². The summed E-state index contributed by atoms with van der Waals surface area (Å²) >= 11 is 0. The van der Waals surface area contributed by atoms with Crippen LogP contribution in [0.2, 0.25) is 0 Å². The quantitative estimate of drug-likeness (QED) is 0.127. The summed E-state index contributed by atoms with van der Waals surface area (Å²) < 4.78 is 297. The lowest BCUT2D eigenvalue weighted by atomic mass is 9.33. The monoisotopic (exact) mass is 1290 g/mol. The van der Waals surface area contributed by atoms with Gasteiger partial charge in [-0.1, -0.05) is 299 Å². The number of hydrogen-bond donors (Lipinski definition) is 0. The summed E-state index contributed by atoms with van der Waals surface area (Å²) in [6.45, 7) is 4.09. The van der Waals surface area contributed by atoms with Gasteiger partial charge in [-0.3, -0.25) is 0 Å². The molecule has 466 valence electrons. The lowest BCUT2D eigenvalue weighted by Crippen LogP contribution is -2.61. The van der Waals surface area contributed by atoms with Crippen molar-refractivity contribution in [2.45, 2.75) is 26.2 Å². The molecule has 0 spiro atoms. The molecule has 5 heteroatoms. The predicted molar refractivity (Wildman–Crippen MR) is 420 cm³/mol. The van der Waals surface area contributed by atoms with E-state index < -0.39 is 271 Å². The normalized spacial score (nSPS) is 16.8. The van der Waals surface area contributed by atoms with Gasteiger partial charge in [0.2, 0.25) is 0 Å². The first-order valence-electron chi connectivity index (χ1n) is 47.1. The molecule has 2 aliphatic heterocycles. The lowest BCUT2D eigenvalue weighted by Gasteiger charge is -2.46. The topological polar surface area (TPSA) is 16.3 Å². The van der Waals surface area contributed by atoms with Crippen molar-refractivity contribution < 1.29 is 41.1 Å². The molecule has 0 amide bonds. The SMILES string of the molecule is [2H]c1c([2H])c([2H])c(-c2c([2H])c([2H])c3c(c2[2H])c2c([2H])c([2H])c([2H])c([2H])c2n3-c2c([2H])c([2H])c3c(c2[2H])N(c2c(-c4ccccc4)cccc2-c2ccccc2)c2cc(C(C)(C)C)cc4c2B3c2c([2H])c([2H])c(-n3c5c([2H])c([2H])c([2H])c([2H])c5c5c([2H])c(-c6c([2H])c([2H])c([2H])c([2H])c6[2H])c([2H])c([2H])c53)c([2H])c2N4c2c(-c3ccccc3)cccc2-c2ccccc2)c([2H])c1[2H]. The third-order valence-corrected chi connectivity index (χ3v) is 18.5. The van der Waals surface area contributed by atoms with Crippen LogP contribution in [0.15, 0.2) is 351 Å². The second-order valence-electron chi connectivity index (χ2n) is 25.2. The zero-order valence-electron chi connectivity index (χ0n) is 83.0. The molecule has 2 aromatic heterocycles. The van der Waals surface area contributed by atoms with Gasteiger partial charge in [0.15, 0.2) is 0 Å². The Labute approximate surface area is 620 Å². The minimum absolute atomic E-state index is 0.205. The van der Waals surface area contributed by atoms with E-state index in [1.54, 1.807) is 9.80 Å². The summed E-state index contributed by atoms with van der Waals surface area (Å²) in [6.07, 6.45) is 0. The van der Waals surface area contributed by atoms with Crippen molar-refractivity contribution in [1.82, 2.24) is 9.13 Å². The van der Waals surface area contributed by atoms with E-state index in [0.717, 1.165) is 9.13 Å². The largest absolute Gasteiger partial charge is 0.310 e. The van der Waals surface area contributed by atoms with Crippen LogP contribution in [-0.2, 0) is 5.41 Å². The van der Waals surface area contributed by atoms with Gasteiger partial charge in [-0.15, -0.1) is 0 Å². The number of fused-ring (bicyclic) bond motifs is 10. The number of rotatable bonds is 10. The average molecular weight is 1290 g/mol. The summed E-state index contributed by atoms with van der Waals surface area (Å²) in [7, 11) is 0. The second kappa shape index (κ2) is 23.2. The number of para-hydroxylation sites is 4. The molecule has 99 heavy (non-hydrogen) atoms. The Balaban J connectivity index is 1.06. The van der Waals surface area contributed by atoms with E-state index in [2.05, 4.69) is 0 Å². The Morgan fingerprint density at radius 3 is 1.02 bits per heavy atom. The van der Waals surface area contributed by atoms with Crippen LogP contribution >= 0.6 is 0 Å². The van der Waals surface area contributed by atoms with Crippen LogP contribution in [0.25, 0.3) is 122 Å². The zero-order valence-corrected chi connectivity index (χ0v) is 53.0. The molecule has 0 fully saturated rings. The molecular weight excluding hydrogens is 1200 g/mol. The average Bonchev–Trinajstić information content (AvgIpc) is 1.26. The van der Waals surface area contributed by atoms with Crippen molar-refractivity contribution in [1.29, 1.82) is 0 Å². The van der Waals surface area contributed by atoms with Gasteiger partial charge in [-0.25, -0.2) is 0 Å². The Hall–Kier alpha value is -12.4. The van der Waals surface area contributed by atoms with Crippen LogP contribution < -0.4 is 26.2 Å². The maximum Gasteiger partial charge on any atom is 0.252 e. The molecule has 0 saturated heterocycles. The van der Waals surface area contributed by atoms with Crippen LogP contribution in [-0.4, -0.2) is 15.8 Å². The van der Waals surface area contributed by atoms with Crippen LogP contribution in [0.5, 0.6) is 0 Å². The van der Waals surface area contributed by atoms with Crippen molar-refractivity contribution in [3.63, 3.8) is 0 Å². The van der Waals surface area contributed by atoms with Crippen LogP contribution in [0.4, 0.5) is 34.1 Å². The van der Waals surface area contributed by atoms with Crippen LogP contribution in [0.1, 0.15) is 67.5 Å². The molecule has 4 nitrogen and oxygen atoms in total. The number of benzene rings is 15. The Morgan fingerprint density at radius 2 is 0.646 bits per heavy atom. The van der Waals surface area contributed by atoms with Gasteiger partial charge in [0.25, 0.3) is 6.71 Å². The van der Waals surface area contributed by atoms with E-state index in [9.17, 15) is 27.4 Å². The van der Waals surface area contributed by atoms with E-state index in [1.165, 1.54) is 0 Å². The number of hydrogen-bond acceptors (Lipinski definition) is 2. The maximum atomic E-state index is 11.7. The third kappa shape index (κ3) is 9.44. The molecule has 0 saturated carbocycles. The molecule has 0 radical (unpaired) electrons. The van der Waals surface area contributed by atoms with E-state index in [1.807, 2.05) is 191 Å². The van der Waals surface area contributed by atoms with Gasteiger partial charge < -0.3 is 18.9 Å². The van der Waals surface area contributed by atoms with E-state index in [0.29, 0.717) is 61.4 Å². The first kappa shape index (κ1) is 35.0. The van der Waals surface area contributed by atoms with Crippen molar-refractivity contribution >= 4 is 101 Å².